The summed E-state index contributed by atoms with van der Waals surface area (Å²) in [5, 5.41) is 16.9. The number of hydrogen-bond acceptors (Lipinski definition) is 6. The molecule has 0 unspecified atom stereocenters. The van der Waals surface area contributed by atoms with Gasteiger partial charge in [0.25, 0.3) is 0 Å². The Kier molecular flexibility index (Phi) is 7.72. The zero-order valence-electron chi connectivity index (χ0n) is 20.8. The van der Waals surface area contributed by atoms with Gasteiger partial charge in [-0.1, -0.05) is 48.0 Å². The number of halogens is 1. The highest BCUT2D eigenvalue weighted by Gasteiger charge is 2.14. The number of carboxylic acids is 1. The maximum Gasteiger partial charge on any atom is 0.323 e. The minimum atomic E-state index is -0.808. The quantitative estimate of drug-likeness (QED) is 0.183. The van der Waals surface area contributed by atoms with Crippen LogP contribution >= 0.6 is 22.9 Å². The molecule has 0 bridgehead atoms. The van der Waals surface area contributed by atoms with Gasteiger partial charge >= 0.3 is 12.0 Å². The van der Waals surface area contributed by atoms with E-state index in [1.807, 2.05) is 36.4 Å². The smallest absolute Gasteiger partial charge is 0.323 e. The highest BCUT2D eigenvalue weighted by molar-refractivity contribution is 7.18. The number of carbonyl (C=O) groups excluding carboxylic acids is 1. The number of aliphatic carboxylic acids is 1. The molecule has 39 heavy (non-hydrogen) atoms. The van der Waals surface area contributed by atoms with Crippen molar-refractivity contribution in [2.45, 2.75) is 12.8 Å². The van der Waals surface area contributed by atoms with Gasteiger partial charge in [0.2, 0.25) is 0 Å². The fraction of sp³-hybridized carbons (Fsp3) is 0.103. The molecule has 0 saturated heterocycles. The lowest BCUT2D eigenvalue weighted by Gasteiger charge is -2.11. The number of anilines is 2. The largest absolute Gasteiger partial charge is 0.497 e. The molecule has 3 N–H and O–H groups in total. The Morgan fingerprint density at radius 1 is 0.974 bits per heavy atom. The summed E-state index contributed by atoms with van der Waals surface area (Å²) in [6.45, 7) is 0. The summed E-state index contributed by atoms with van der Waals surface area (Å²) in [7, 11) is 1.54. The summed E-state index contributed by atoms with van der Waals surface area (Å²) in [6, 6.07) is 19.9. The Bertz CT molecular complexity index is 1650. The van der Waals surface area contributed by atoms with Gasteiger partial charge in [0.15, 0.2) is 0 Å². The average Bonchev–Trinajstić information content (AvgIpc) is 3.38. The fourth-order valence-electron chi connectivity index (χ4n) is 4.09. The summed E-state index contributed by atoms with van der Waals surface area (Å²) in [4.78, 5) is 32.4. The lowest BCUT2D eigenvalue weighted by atomic mass is 10.0. The van der Waals surface area contributed by atoms with Gasteiger partial charge in [-0.15, -0.1) is 11.3 Å². The first-order valence-electron chi connectivity index (χ1n) is 12.0. The maximum atomic E-state index is 12.5. The van der Waals surface area contributed by atoms with Gasteiger partial charge in [0.1, 0.15) is 12.1 Å². The van der Waals surface area contributed by atoms with Gasteiger partial charge < -0.3 is 20.5 Å². The molecule has 0 aliphatic rings. The molecule has 3 aromatic carbocycles. The van der Waals surface area contributed by atoms with Gasteiger partial charge in [0.05, 0.1) is 33.7 Å². The molecule has 0 atom stereocenters. The van der Waals surface area contributed by atoms with Gasteiger partial charge in [-0.25, -0.2) is 14.8 Å². The third-order valence-electron chi connectivity index (χ3n) is 6.08. The molecule has 10 heteroatoms. The second-order valence-corrected chi connectivity index (χ2v) is 9.93. The molecule has 0 spiro atoms. The summed E-state index contributed by atoms with van der Waals surface area (Å²) >= 11 is 7.74. The monoisotopic (exact) mass is 558 g/mol. The third kappa shape index (κ3) is 6.00. The Morgan fingerprint density at radius 2 is 1.72 bits per heavy atom. The molecule has 2 aromatic heterocycles. The van der Waals surface area contributed by atoms with Crippen LogP contribution < -0.4 is 15.4 Å². The number of rotatable bonds is 8. The first-order valence-corrected chi connectivity index (χ1v) is 13.2. The van der Waals surface area contributed by atoms with E-state index in [1.165, 1.54) is 0 Å². The predicted molar refractivity (Wildman–Crippen MR) is 155 cm³/mol. The van der Waals surface area contributed by atoms with Gasteiger partial charge in [-0.05, 0) is 41.8 Å². The number of nitrogens with one attached hydrogen (secondary N) is 2. The average molecular weight is 559 g/mol. The number of amides is 2. The number of methoxy groups -OCH3 is 1. The summed E-state index contributed by atoms with van der Waals surface area (Å²) < 4.78 is 6.14. The van der Waals surface area contributed by atoms with Crippen LogP contribution in [0.3, 0.4) is 0 Å². The van der Waals surface area contributed by atoms with E-state index in [0.717, 1.165) is 38.2 Å². The molecule has 0 fully saturated rings. The minimum absolute atomic E-state index is 0.104. The Hall–Kier alpha value is -4.47. The fourth-order valence-corrected chi connectivity index (χ4v) is 5.29. The van der Waals surface area contributed by atoms with E-state index in [9.17, 15) is 9.59 Å². The molecule has 0 radical (unpaired) electrons. The van der Waals surface area contributed by atoms with E-state index in [2.05, 4.69) is 26.0 Å². The molecule has 2 amide bonds. The van der Waals surface area contributed by atoms with Crippen molar-refractivity contribution in [2.75, 3.05) is 17.7 Å². The number of benzene rings is 3. The van der Waals surface area contributed by atoms with Crippen molar-refractivity contribution < 1.29 is 19.4 Å². The van der Waals surface area contributed by atoms with Gasteiger partial charge in [-0.3, -0.25) is 4.79 Å². The van der Waals surface area contributed by atoms with Crippen molar-refractivity contribution in [3.63, 3.8) is 0 Å². The standard InChI is InChI=1S/C29H23ClN4O4S/c1-38-21-11-12-23(30)24(14-21)34-29(37)33-20-9-7-19(8-10-20)26-28-27(32-16-31-26)22(15-39-28)18-5-2-17(3-6-18)4-13-25(35)36/h2-3,5-12,14-16H,4,13H2,1H3,(H,35,36)(H2,33,34,37). The molecular weight excluding hydrogens is 536 g/mol. The van der Waals surface area contributed by atoms with E-state index >= 15 is 0 Å². The first-order chi connectivity index (χ1) is 18.9. The second-order valence-electron chi connectivity index (χ2n) is 8.64. The van der Waals surface area contributed by atoms with Crippen molar-refractivity contribution in [1.29, 1.82) is 0 Å². The van der Waals surface area contributed by atoms with Crippen LogP contribution in [0.1, 0.15) is 12.0 Å². The molecule has 0 aliphatic carbocycles. The van der Waals surface area contributed by atoms with Gasteiger partial charge in [0, 0.05) is 34.7 Å². The number of nitrogens with zero attached hydrogens (tertiary/aromatic N) is 2. The minimum Gasteiger partial charge on any atom is -0.497 e. The number of aromatic nitrogens is 2. The number of hydrogen-bond donors (Lipinski definition) is 3. The topological polar surface area (TPSA) is 113 Å². The third-order valence-corrected chi connectivity index (χ3v) is 7.39. The van der Waals surface area contributed by atoms with Crippen LogP contribution in [0.5, 0.6) is 5.75 Å². The Balaban J connectivity index is 1.32. The lowest BCUT2D eigenvalue weighted by molar-refractivity contribution is -0.136. The zero-order valence-corrected chi connectivity index (χ0v) is 22.3. The van der Waals surface area contributed by atoms with Crippen LogP contribution in [0, 0.1) is 0 Å². The van der Waals surface area contributed by atoms with E-state index in [4.69, 9.17) is 21.4 Å². The summed E-state index contributed by atoms with van der Waals surface area (Å²) in [5.74, 6) is -0.225. The van der Waals surface area contributed by atoms with Crippen molar-refractivity contribution in [3.8, 4) is 28.1 Å². The normalized spacial score (nSPS) is 10.8. The molecule has 5 rings (SSSR count). The van der Waals surface area contributed by atoms with E-state index < -0.39 is 12.0 Å². The number of aryl methyl sites for hydroxylation is 1. The van der Waals surface area contributed by atoms with Crippen LogP contribution in [0.15, 0.2) is 78.4 Å². The van der Waals surface area contributed by atoms with Crippen molar-refractivity contribution in [1.82, 2.24) is 9.97 Å². The molecule has 8 nitrogen and oxygen atoms in total. The Morgan fingerprint density at radius 3 is 2.44 bits per heavy atom. The highest BCUT2D eigenvalue weighted by Crippen LogP contribution is 2.37. The number of urea groups is 1. The zero-order chi connectivity index (χ0) is 27.4. The molecule has 2 heterocycles. The van der Waals surface area contributed by atoms with Gasteiger partial charge in [-0.2, -0.15) is 0 Å². The summed E-state index contributed by atoms with van der Waals surface area (Å²) in [5.41, 5.74) is 6.56. The van der Waals surface area contributed by atoms with E-state index in [1.54, 1.807) is 55.1 Å². The number of carbonyl (C=O) groups is 2. The molecule has 5 aromatic rings. The van der Waals surface area contributed by atoms with Crippen molar-refractivity contribution >= 4 is 56.5 Å². The second kappa shape index (κ2) is 11.5. The molecule has 0 saturated carbocycles. The maximum absolute atomic E-state index is 12.5. The predicted octanol–water partition coefficient (Wildman–Crippen LogP) is 7.35. The lowest BCUT2D eigenvalue weighted by Crippen LogP contribution is -2.19. The number of ether oxygens (including phenoxy) is 1. The van der Waals surface area contributed by atoms with E-state index in [0.29, 0.717) is 28.6 Å². The van der Waals surface area contributed by atoms with Crippen LogP contribution in [0.25, 0.3) is 32.6 Å². The summed E-state index contributed by atoms with van der Waals surface area (Å²) in [6.07, 6.45) is 2.15. The number of fused-ring (bicyclic) bond motifs is 1. The first kappa shape index (κ1) is 26.1. The van der Waals surface area contributed by atoms with Crippen LogP contribution in [-0.2, 0) is 11.2 Å². The highest BCUT2D eigenvalue weighted by atomic mass is 35.5. The Labute approximate surface area is 233 Å². The van der Waals surface area contributed by atoms with Crippen molar-refractivity contribution in [2.24, 2.45) is 0 Å². The molecular formula is C29H23ClN4O4S. The van der Waals surface area contributed by atoms with Crippen LogP contribution in [0.4, 0.5) is 16.2 Å². The molecule has 196 valence electrons. The van der Waals surface area contributed by atoms with Crippen LogP contribution in [0.2, 0.25) is 5.02 Å². The number of carboxylic acid groups (broad SMARTS) is 1. The SMILES string of the molecule is COc1ccc(Cl)c(NC(=O)Nc2ccc(-c3ncnc4c(-c5ccc(CCC(=O)O)cc5)csc34)cc2)c1. The van der Waals surface area contributed by atoms with E-state index in [-0.39, 0.29) is 6.42 Å². The van der Waals surface area contributed by atoms with Crippen molar-refractivity contribution in [3.05, 3.63) is 89.0 Å². The number of thiophene rings is 1. The molecule has 0 aliphatic heterocycles. The van der Waals surface area contributed by atoms with Crippen LogP contribution in [-0.4, -0.2) is 34.2 Å².